The zero-order chi connectivity index (χ0) is 14.0. The predicted octanol–water partition coefficient (Wildman–Crippen LogP) is 2.07. The highest BCUT2D eigenvalue weighted by molar-refractivity contribution is 5.60. The average molecular weight is 262 g/mol. The molecule has 1 heterocycles. The average Bonchev–Trinajstić information content (AvgIpc) is 2.66. The molecule has 19 heavy (non-hydrogen) atoms. The zero-order valence-electron chi connectivity index (χ0n) is 10.7. The zero-order valence-corrected chi connectivity index (χ0v) is 10.7. The molecule has 1 aromatic heterocycles. The number of nitrogen functional groups attached to an aromatic ring is 1. The molecule has 7 nitrogen and oxygen atoms in total. The number of aromatic nitrogens is 2. The third-order valence-corrected chi connectivity index (χ3v) is 2.64. The van der Waals surface area contributed by atoms with Crippen molar-refractivity contribution in [3.63, 3.8) is 0 Å². The molecule has 7 heteroatoms. The molecule has 0 radical (unpaired) electrons. The Morgan fingerprint density at radius 3 is 2.53 bits per heavy atom. The first-order valence-electron chi connectivity index (χ1n) is 5.77. The van der Waals surface area contributed by atoms with Crippen molar-refractivity contribution in [1.29, 1.82) is 0 Å². The van der Waals surface area contributed by atoms with Gasteiger partial charge < -0.3 is 10.5 Å². The molecule has 0 spiro atoms. The molecule has 1 aromatic carbocycles. The summed E-state index contributed by atoms with van der Waals surface area (Å²) in [6, 6.07) is 7.03. The van der Waals surface area contributed by atoms with Gasteiger partial charge in [-0.2, -0.15) is 5.10 Å². The summed E-state index contributed by atoms with van der Waals surface area (Å²) in [4.78, 5) is 10.4. The molecule has 0 aliphatic heterocycles. The molecule has 2 N–H and O–H groups in total. The van der Waals surface area contributed by atoms with Crippen LogP contribution in [0.15, 0.2) is 24.3 Å². The third kappa shape index (κ3) is 2.35. The van der Waals surface area contributed by atoms with E-state index in [-0.39, 0.29) is 17.2 Å². The van der Waals surface area contributed by atoms with E-state index in [9.17, 15) is 10.1 Å². The largest absolute Gasteiger partial charge is 0.494 e. The Morgan fingerprint density at radius 1 is 1.42 bits per heavy atom. The van der Waals surface area contributed by atoms with Crippen molar-refractivity contribution in [2.24, 2.45) is 0 Å². The van der Waals surface area contributed by atoms with Crippen LogP contribution in [-0.4, -0.2) is 21.3 Å². The number of nitro groups is 1. The lowest BCUT2D eigenvalue weighted by molar-refractivity contribution is -0.384. The van der Waals surface area contributed by atoms with Crippen molar-refractivity contribution in [2.45, 2.75) is 13.8 Å². The van der Waals surface area contributed by atoms with Crippen LogP contribution in [0.1, 0.15) is 12.6 Å². The van der Waals surface area contributed by atoms with Gasteiger partial charge in [-0.3, -0.25) is 10.1 Å². The number of ether oxygens (including phenoxy) is 1. The van der Waals surface area contributed by atoms with Crippen LogP contribution in [0.25, 0.3) is 5.69 Å². The summed E-state index contributed by atoms with van der Waals surface area (Å²) in [6.45, 7) is 4.03. The highest BCUT2D eigenvalue weighted by atomic mass is 16.6. The lowest BCUT2D eigenvalue weighted by Crippen LogP contribution is -2.03. The van der Waals surface area contributed by atoms with Crippen molar-refractivity contribution < 1.29 is 9.66 Å². The van der Waals surface area contributed by atoms with Crippen molar-refractivity contribution >= 4 is 11.5 Å². The number of rotatable bonds is 4. The number of nitrogens with zero attached hydrogens (tertiary/aromatic N) is 3. The first kappa shape index (κ1) is 12.9. The van der Waals surface area contributed by atoms with Gasteiger partial charge >= 0.3 is 5.69 Å². The number of nitrogens with two attached hydrogens (primary N) is 1. The number of hydrogen-bond acceptors (Lipinski definition) is 5. The standard InChI is InChI=1S/C12H14N4O3/c1-3-19-10-6-4-9(5-7-10)15-12(13)11(16(17)18)8(2)14-15/h4-7H,3,13H2,1-2H3. The van der Waals surface area contributed by atoms with Gasteiger partial charge in [0, 0.05) is 0 Å². The van der Waals surface area contributed by atoms with Crippen molar-refractivity contribution in [1.82, 2.24) is 9.78 Å². The van der Waals surface area contributed by atoms with Crippen molar-refractivity contribution in [2.75, 3.05) is 12.3 Å². The van der Waals surface area contributed by atoms with E-state index in [0.29, 0.717) is 12.3 Å². The summed E-state index contributed by atoms with van der Waals surface area (Å²) < 4.78 is 6.68. The topological polar surface area (TPSA) is 96.2 Å². The smallest absolute Gasteiger partial charge is 0.333 e. The molecule has 2 rings (SSSR count). The molecule has 0 unspecified atom stereocenters. The van der Waals surface area contributed by atoms with Crippen molar-refractivity contribution in [3.05, 3.63) is 40.1 Å². The highest BCUT2D eigenvalue weighted by Crippen LogP contribution is 2.28. The van der Waals surface area contributed by atoms with Crippen LogP contribution in [0.3, 0.4) is 0 Å². The second-order valence-electron chi connectivity index (χ2n) is 3.92. The maximum atomic E-state index is 10.9. The van der Waals surface area contributed by atoms with Crippen LogP contribution in [-0.2, 0) is 0 Å². The lowest BCUT2D eigenvalue weighted by Gasteiger charge is -2.05. The minimum absolute atomic E-state index is 0.0201. The lowest BCUT2D eigenvalue weighted by atomic mass is 10.3. The molecule has 0 atom stereocenters. The summed E-state index contributed by atoms with van der Waals surface area (Å²) >= 11 is 0. The van der Waals surface area contributed by atoms with Gasteiger partial charge in [-0.25, -0.2) is 4.68 Å². The number of benzene rings is 1. The summed E-state index contributed by atoms with van der Waals surface area (Å²) in [5, 5.41) is 15.0. The Hall–Kier alpha value is -2.57. The highest BCUT2D eigenvalue weighted by Gasteiger charge is 2.23. The summed E-state index contributed by atoms with van der Waals surface area (Å²) in [5.74, 6) is 0.745. The Morgan fingerprint density at radius 2 is 2.05 bits per heavy atom. The van der Waals surface area contributed by atoms with E-state index in [1.165, 1.54) is 4.68 Å². The molecular formula is C12H14N4O3. The first-order chi connectivity index (χ1) is 9.04. The van der Waals surface area contributed by atoms with Crippen LogP contribution in [0, 0.1) is 17.0 Å². The molecule has 0 saturated heterocycles. The SMILES string of the molecule is CCOc1ccc(-n2nc(C)c([N+](=O)[O-])c2N)cc1. The Bertz CT molecular complexity index is 604. The molecule has 0 saturated carbocycles. The quantitative estimate of drug-likeness (QED) is 0.672. The van der Waals surface area contributed by atoms with Gasteiger partial charge in [0.05, 0.1) is 17.2 Å². The minimum atomic E-state index is -0.525. The van der Waals surface area contributed by atoms with E-state index < -0.39 is 4.92 Å². The normalized spacial score (nSPS) is 10.4. The van der Waals surface area contributed by atoms with Crippen LogP contribution >= 0.6 is 0 Å². The number of hydrogen-bond donors (Lipinski definition) is 1. The second-order valence-corrected chi connectivity index (χ2v) is 3.92. The number of anilines is 1. The van der Waals surface area contributed by atoms with Gasteiger partial charge in [-0.05, 0) is 38.1 Å². The van der Waals surface area contributed by atoms with E-state index in [2.05, 4.69) is 5.10 Å². The molecule has 0 aliphatic rings. The molecule has 0 fully saturated rings. The summed E-state index contributed by atoms with van der Waals surface area (Å²) in [7, 11) is 0. The van der Waals surface area contributed by atoms with Gasteiger partial charge in [-0.15, -0.1) is 0 Å². The van der Waals surface area contributed by atoms with Gasteiger partial charge in [-0.1, -0.05) is 0 Å². The first-order valence-corrected chi connectivity index (χ1v) is 5.77. The van der Waals surface area contributed by atoms with Gasteiger partial charge in [0.15, 0.2) is 0 Å². The maximum Gasteiger partial charge on any atom is 0.333 e. The molecule has 100 valence electrons. The molecule has 2 aromatic rings. The van der Waals surface area contributed by atoms with Gasteiger partial charge in [0.25, 0.3) is 0 Å². The van der Waals surface area contributed by atoms with E-state index >= 15 is 0 Å². The molecule has 0 aliphatic carbocycles. The van der Waals surface area contributed by atoms with Crippen LogP contribution in [0.5, 0.6) is 5.75 Å². The van der Waals surface area contributed by atoms with E-state index in [4.69, 9.17) is 10.5 Å². The monoisotopic (exact) mass is 262 g/mol. The fourth-order valence-corrected chi connectivity index (χ4v) is 1.81. The van der Waals surface area contributed by atoms with E-state index in [1.54, 1.807) is 31.2 Å². The van der Waals surface area contributed by atoms with Gasteiger partial charge in [0.1, 0.15) is 11.4 Å². The summed E-state index contributed by atoms with van der Waals surface area (Å²) in [6.07, 6.45) is 0. The fourth-order valence-electron chi connectivity index (χ4n) is 1.81. The van der Waals surface area contributed by atoms with E-state index in [1.807, 2.05) is 6.92 Å². The number of aryl methyl sites for hydroxylation is 1. The van der Waals surface area contributed by atoms with Crippen molar-refractivity contribution in [3.8, 4) is 11.4 Å². The third-order valence-electron chi connectivity index (χ3n) is 2.64. The minimum Gasteiger partial charge on any atom is -0.494 e. The maximum absolute atomic E-state index is 10.9. The Labute approximate surface area is 109 Å². The Kier molecular flexibility index (Phi) is 3.37. The molecule has 0 bridgehead atoms. The van der Waals surface area contributed by atoms with E-state index in [0.717, 1.165) is 5.75 Å². The van der Waals surface area contributed by atoms with Crippen LogP contribution in [0.4, 0.5) is 11.5 Å². The van der Waals surface area contributed by atoms with Crippen LogP contribution in [0.2, 0.25) is 0 Å². The van der Waals surface area contributed by atoms with Crippen LogP contribution < -0.4 is 10.5 Å². The fraction of sp³-hybridized carbons (Fsp3) is 0.250. The Balaban J connectivity index is 2.42. The molecular weight excluding hydrogens is 248 g/mol. The second kappa shape index (κ2) is 4.97. The summed E-state index contributed by atoms with van der Waals surface area (Å²) in [5.41, 5.74) is 6.54. The molecule has 0 amide bonds. The predicted molar refractivity (Wildman–Crippen MR) is 70.5 cm³/mol. The van der Waals surface area contributed by atoms with Gasteiger partial charge in [0.2, 0.25) is 5.82 Å².